The molecule has 2 rings (SSSR count). The molecule has 5 nitrogen and oxygen atoms in total. The summed E-state index contributed by atoms with van der Waals surface area (Å²) in [6, 6.07) is -0.544. The molecule has 6 heteroatoms. The maximum Gasteiger partial charge on any atom is 0.242 e. The molecule has 2 unspecified atom stereocenters. The highest BCUT2D eigenvalue weighted by Gasteiger charge is 2.37. The second-order valence-corrected chi connectivity index (χ2v) is 5.53. The quantitative estimate of drug-likeness (QED) is 0.797. The zero-order valence-electron chi connectivity index (χ0n) is 8.64. The number of rotatable bonds is 3. The number of aliphatic hydroxyl groups is 1. The minimum absolute atomic E-state index is 0.0690. The first-order valence-electron chi connectivity index (χ1n) is 5.00. The number of hydrogen-bond donors (Lipinski definition) is 2. The smallest absolute Gasteiger partial charge is 0.242 e. The molecular formula is C9H15N3O2S. The number of thioether (sulfide) groups is 1. The van der Waals surface area contributed by atoms with Crippen molar-refractivity contribution in [3.8, 4) is 0 Å². The highest BCUT2D eigenvalue weighted by molar-refractivity contribution is 8.00. The molecule has 1 aromatic heterocycles. The van der Waals surface area contributed by atoms with Gasteiger partial charge in [-0.05, 0) is 25.5 Å². The fourth-order valence-corrected chi connectivity index (χ4v) is 2.86. The van der Waals surface area contributed by atoms with E-state index in [9.17, 15) is 0 Å². The van der Waals surface area contributed by atoms with Crippen molar-refractivity contribution >= 4 is 11.8 Å². The van der Waals surface area contributed by atoms with E-state index in [-0.39, 0.29) is 11.4 Å². The third-order valence-electron chi connectivity index (χ3n) is 2.64. The fraction of sp³-hybridized carbons (Fsp3) is 0.778. The summed E-state index contributed by atoms with van der Waals surface area (Å²) in [4.78, 5) is 4.25. The Kier molecular flexibility index (Phi) is 2.99. The van der Waals surface area contributed by atoms with E-state index >= 15 is 0 Å². The normalized spacial score (nSPS) is 28.2. The van der Waals surface area contributed by atoms with Crippen LogP contribution < -0.4 is 5.73 Å². The van der Waals surface area contributed by atoms with Crippen LogP contribution in [0.3, 0.4) is 0 Å². The van der Waals surface area contributed by atoms with Crippen LogP contribution in [0.4, 0.5) is 0 Å². The van der Waals surface area contributed by atoms with E-state index in [2.05, 4.69) is 17.1 Å². The van der Waals surface area contributed by atoms with Gasteiger partial charge in [0, 0.05) is 0 Å². The van der Waals surface area contributed by atoms with Gasteiger partial charge in [-0.25, -0.2) is 0 Å². The van der Waals surface area contributed by atoms with E-state index in [0.29, 0.717) is 11.7 Å². The second-order valence-electron chi connectivity index (χ2n) is 3.93. The average molecular weight is 229 g/mol. The lowest BCUT2D eigenvalue weighted by Crippen LogP contribution is -2.17. The molecule has 1 fully saturated rings. The molecule has 0 saturated carbocycles. The van der Waals surface area contributed by atoms with Crippen molar-refractivity contribution in [1.82, 2.24) is 10.1 Å². The van der Waals surface area contributed by atoms with Crippen molar-refractivity contribution < 1.29 is 9.63 Å². The molecule has 84 valence electrons. The molecule has 1 aliphatic rings. The van der Waals surface area contributed by atoms with E-state index in [1.165, 1.54) is 6.42 Å². The lowest BCUT2D eigenvalue weighted by molar-refractivity contribution is 0.259. The van der Waals surface area contributed by atoms with E-state index in [4.69, 9.17) is 15.4 Å². The number of nitrogens with two attached hydrogens (primary N) is 1. The Labute approximate surface area is 92.4 Å². The van der Waals surface area contributed by atoms with Gasteiger partial charge < -0.3 is 15.4 Å². The zero-order valence-corrected chi connectivity index (χ0v) is 9.46. The standard InChI is InChI=1S/C9H15N3O2S/c1-9(3-2-4-15-9)8-11-7(12-14-8)6(10)5-13/h6,13H,2-5,10H2,1H3. The topological polar surface area (TPSA) is 85.2 Å². The SMILES string of the molecule is CC1(c2nc(C(N)CO)no2)CCCS1. The van der Waals surface area contributed by atoms with Gasteiger partial charge in [0.15, 0.2) is 5.82 Å². The first-order valence-corrected chi connectivity index (χ1v) is 5.99. The zero-order chi connectivity index (χ0) is 10.9. The Morgan fingerprint density at radius 1 is 1.73 bits per heavy atom. The molecule has 0 radical (unpaired) electrons. The Bertz CT molecular complexity index is 336. The summed E-state index contributed by atoms with van der Waals surface area (Å²) in [6.07, 6.45) is 2.22. The number of hydrogen-bond acceptors (Lipinski definition) is 6. The molecule has 15 heavy (non-hydrogen) atoms. The van der Waals surface area contributed by atoms with Crippen LogP contribution in [0.5, 0.6) is 0 Å². The number of nitrogens with zero attached hydrogens (tertiary/aromatic N) is 2. The Morgan fingerprint density at radius 3 is 3.13 bits per heavy atom. The van der Waals surface area contributed by atoms with Gasteiger partial charge in [-0.2, -0.15) is 4.98 Å². The largest absolute Gasteiger partial charge is 0.394 e. The third-order valence-corrected chi connectivity index (χ3v) is 4.15. The van der Waals surface area contributed by atoms with E-state index in [1.54, 1.807) is 0 Å². The highest BCUT2D eigenvalue weighted by atomic mass is 32.2. The van der Waals surface area contributed by atoms with Gasteiger partial charge in [0.05, 0.1) is 17.4 Å². The van der Waals surface area contributed by atoms with Crippen LogP contribution in [-0.2, 0) is 4.75 Å². The van der Waals surface area contributed by atoms with Gasteiger partial charge in [-0.1, -0.05) is 5.16 Å². The van der Waals surface area contributed by atoms with Crippen LogP contribution in [0, 0.1) is 0 Å². The molecule has 1 aromatic rings. The van der Waals surface area contributed by atoms with Gasteiger partial charge in [-0.15, -0.1) is 11.8 Å². The van der Waals surface area contributed by atoms with Crippen molar-refractivity contribution in [2.24, 2.45) is 5.73 Å². The molecule has 0 aliphatic carbocycles. The van der Waals surface area contributed by atoms with E-state index < -0.39 is 6.04 Å². The van der Waals surface area contributed by atoms with Crippen molar-refractivity contribution in [3.05, 3.63) is 11.7 Å². The summed E-state index contributed by atoms with van der Waals surface area (Å²) >= 11 is 1.83. The third kappa shape index (κ3) is 2.02. The molecule has 0 aromatic carbocycles. The number of aliphatic hydroxyl groups excluding tert-OH is 1. The first kappa shape index (κ1) is 10.9. The fourth-order valence-electron chi connectivity index (χ4n) is 1.63. The van der Waals surface area contributed by atoms with Crippen molar-refractivity contribution in [1.29, 1.82) is 0 Å². The van der Waals surface area contributed by atoms with Gasteiger partial charge in [0.25, 0.3) is 0 Å². The molecule has 1 saturated heterocycles. The molecule has 3 N–H and O–H groups in total. The minimum Gasteiger partial charge on any atom is -0.394 e. The van der Waals surface area contributed by atoms with Crippen LogP contribution >= 0.6 is 11.8 Å². The Balaban J connectivity index is 2.19. The Hall–Kier alpha value is -0.590. The molecular weight excluding hydrogens is 214 g/mol. The van der Waals surface area contributed by atoms with Gasteiger partial charge in [0.2, 0.25) is 5.89 Å². The van der Waals surface area contributed by atoms with E-state index in [0.717, 1.165) is 12.2 Å². The van der Waals surface area contributed by atoms with Gasteiger partial charge in [-0.3, -0.25) is 0 Å². The molecule has 1 aliphatic heterocycles. The lowest BCUT2D eigenvalue weighted by atomic mass is 10.1. The van der Waals surface area contributed by atoms with Gasteiger partial charge >= 0.3 is 0 Å². The molecule has 0 spiro atoms. The maximum absolute atomic E-state index is 8.88. The van der Waals surface area contributed by atoms with Gasteiger partial charge in [0.1, 0.15) is 0 Å². The average Bonchev–Trinajstić information content (AvgIpc) is 2.85. The predicted molar refractivity (Wildman–Crippen MR) is 57.4 cm³/mol. The molecule has 2 atom stereocenters. The second kappa shape index (κ2) is 4.11. The van der Waals surface area contributed by atoms with E-state index in [1.807, 2.05) is 11.8 Å². The molecule has 0 bridgehead atoms. The summed E-state index contributed by atoms with van der Waals surface area (Å²) in [5.74, 6) is 2.14. The lowest BCUT2D eigenvalue weighted by Gasteiger charge is -2.16. The summed E-state index contributed by atoms with van der Waals surface area (Å²) in [5, 5.41) is 12.7. The maximum atomic E-state index is 8.88. The molecule has 2 heterocycles. The summed E-state index contributed by atoms with van der Waals surface area (Å²) in [7, 11) is 0. The summed E-state index contributed by atoms with van der Waals surface area (Å²) in [5.41, 5.74) is 5.61. The van der Waals surface area contributed by atoms with Crippen molar-refractivity contribution in [2.75, 3.05) is 12.4 Å². The highest BCUT2D eigenvalue weighted by Crippen LogP contribution is 2.45. The summed E-state index contributed by atoms with van der Waals surface area (Å²) in [6.45, 7) is 1.94. The number of aromatic nitrogens is 2. The summed E-state index contributed by atoms with van der Waals surface area (Å²) < 4.78 is 5.13. The minimum atomic E-state index is -0.544. The van der Waals surface area contributed by atoms with Crippen molar-refractivity contribution in [3.63, 3.8) is 0 Å². The Morgan fingerprint density at radius 2 is 2.53 bits per heavy atom. The monoisotopic (exact) mass is 229 g/mol. The van der Waals surface area contributed by atoms with Crippen LogP contribution in [0.1, 0.15) is 37.5 Å². The first-order chi connectivity index (χ1) is 7.15. The van der Waals surface area contributed by atoms with Crippen LogP contribution in [-0.4, -0.2) is 27.6 Å². The van der Waals surface area contributed by atoms with Crippen molar-refractivity contribution in [2.45, 2.75) is 30.6 Å². The van der Waals surface area contributed by atoms with Crippen LogP contribution in [0.15, 0.2) is 4.52 Å². The predicted octanol–water partition coefficient (Wildman–Crippen LogP) is 0.804. The van der Waals surface area contributed by atoms with Crippen LogP contribution in [0.2, 0.25) is 0 Å². The van der Waals surface area contributed by atoms with Crippen LogP contribution in [0.25, 0.3) is 0 Å². The molecule has 0 amide bonds.